The van der Waals surface area contributed by atoms with E-state index in [-0.39, 0.29) is 29.1 Å². The Labute approximate surface area is 178 Å². The summed E-state index contributed by atoms with van der Waals surface area (Å²) in [6, 6.07) is 1.80. The molecule has 0 radical (unpaired) electrons. The van der Waals surface area contributed by atoms with E-state index in [1.807, 2.05) is 0 Å². The van der Waals surface area contributed by atoms with Crippen molar-refractivity contribution in [1.29, 1.82) is 0 Å². The molecule has 0 unspecified atom stereocenters. The van der Waals surface area contributed by atoms with Gasteiger partial charge in [-0.3, -0.25) is 14.5 Å². The van der Waals surface area contributed by atoms with Crippen molar-refractivity contribution in [2.45, 2.75) is 31.6 Å². The largest absolute Gasteiger partial charge is 0.400 e. The summed E-state index contributed by atoms with van der Waals surface area (Å²) in [7, 11) is 3.27. The van der Waals surface area contributed by atoms with Gasteiger partial charge in [0.1, 0.15) is 0 Å². The molecule has 1 aromatic carbocycles. The van der Waals surface area contributed by atoms with Crippen LogP contribution in [0.25, 0.3) is 0 Å². The third-order valence-corrected chi connectivity index (χ3v) is 6.07. The van der Waals surface area contributed by atoms with Gasteiger partial charge < -0.3 is 10.6 Å². The second-order valence-electron chi connectivity index (χ2n) is 8.43. The Kier molecular flexibility index (Phi) is 5.15. The number of carbonyl (C=O) groups excluding carboxylic acids is 1. The fourth-order valence-electron chi connectivity index (χ4n) is 4.05. The van der Waals surface area contributed by atoms with E-state index in [1.165, 1.54) is 7.05 Å². The number of amides is 1. The van der Waals surface area contributed by atoms with Crippen LogP contribution in [0.15, 0.2) is 34.6 Å². The van der Waals surface area contributed by atoms with Crippen molar-refractivity contribution < 1.29 is 18.0 Å². The third kappa shape index (κ3) is 3.73. The highest BCUT2D eigenvalue weighted by atomic mass is 19.2. The number of hydrogen-bond acceptors (Lipinski definition) is 4. The van der Waals surface area contributed by atoms with Gasteiger partial charge in [-0.2, -0.15) is 5.10 Å². The van der Waals surface area contributed by atoms with Crippen molar-refractivity contribution in [3.05, 3.63) is 63.9 Å². The van der Waals surface area contributed by atoms with Crippen LogP contribution in [0.3, 0.4) is 0 Å². The van der Waals surface area contributed by atoms with Crippen LogP contribution in [0.1, 0.15) is 47.8 Å². The number of rotatable bonds is 4. The molecule has 1 aromatic heterocycles. The number of nitrogens with zero attached hydrogens (tertiary/aromatic N) is 4. The molecule has 0 saturated heterocycles. The van der Waals surface area contributed by atoms with Crippen LogP contribution in [0, 0.1) is 17.5 Å². The second kappa shape index (κ2) is 7.55. The Morgan fingerprint density at radius 2 is 1.87 bits per heavy atom. The van der Waals surface area contributed by atoms with Crippen LogP contribution in [-0.4, -0.2) is 46.4 Å². The maximum absolute atomic E-state index is 13.7. The van der Waals surface area contributed by atoms with Crippen LogP contribution in [0.5, 0.6) is 0 Å². The summed E-state index contributed by atoms with van der Waals surface area (Å²) in [4.78, 5) is 19.0. The lowest BCUT2D eigenvalue weighted by Crippen LogP contribution is -2.40. The Morgan fingerprint density at radius 1 is 1.23 bits per heavy atom. The van der Waals surface area contributed by atoms with Crippen molar-refractivity contribution >= 4 is 11.6 Å². The minimum absolute atomic E-state index is 0.0622. The number of carbonyl (C=O) groups is 1. The van der Waals surface area contributed by atoms with Crippen molar-refractivity contribution in [3.63, 3.8) is 0 Å². The van der Waals surface area contributed by atoms with E-state index in [0.29, 0.717) is 29.8 Å². The minimum atomic E-state index is -1.53. The molecule has 1 aliphatic heterocycles. The van der Waals surface area contributed by atoms with Crippen molar-refractivity contribution in [2.24, 2.45) is 17.8 Å². The molecule has 2 heterocycles. The smallest absolute Gasteiger partial charge is 0.257 e. The molecule has 1 saturated carbocycles. The SMILES string of the molecule is CN=C(C1=C(N)CN(C(=O)c2cn(C)nc2C2(C)CC2)CC1)c1cc(F)c(F)c(F)c1. The van der Waals surface area contributed by atoms with Crippen LogP contribution in [0.2, 0.25) is 0 Å². The molecule has 31 heavy (non-hydrogen) atoms. The summed E-state index contributed by atoms with van der Waals surface area (Å²) >= 11 is 0. The van der Waals surface area contributed by atoms with Gasteiger partial charge in [0, 0.05) is 49.1 Å². The zero-order chi connectivity index (χ0) is 22.5. The summed E-state index contributed by atoms with van der Waals surface area (Å²) < 4.78 is 42.4. The number of aromatic nitrogens is 2. The topological polar surface area (TPSA) is 76.5 Å². The van der Waals surface area contributed by atoms with E-state index in [4.69, 9.17) is 5.73 Å². The van der Waals surface area contributed by atoms with Gasteiger partial charge in [0.15, 0.2) is 17.5 Å². The Morgan fingerprint density at radius 3 is 2.42 bits per heavy atom. The summed E-state index contributed by atoms with van der Waals surface area (Å²) in [5.74, 6) is -4.26. The molecule has 0 spiro atoms. The van der Waals surface area contributed by atoms with E-state index < -0.39 is 17.5 Å². The van der Waals surface area contributed by atoms with Gasteiger partial charge >= 0.3 is 0 Å². The van der Waals surface area contributed by atoms with Gasteiger partial charge in [0.25, 0.3) is 5.91 Å². The van der Waals surface area contributed by atoms with E-state index in [1.54, 1.807) is 22.8 Å². The normalized spacial score (nSPS) is 18.5. The van der Waals surface area contributed by atoms with Gasteiger partial charge in [-0.15, -0.1) is 0 Å². The summed E-state index contributed by atoms with van der Waals surface area (Å²) in [5, 5.41) is 4.50. The highest BCUT2D eigenvalue weighted by Gasteiger charge is 2.44. The number of aliphatic imine (C=N–C) groups is 1. The van der Waals surface area contributed by atoms with Gasteiger partial charge in [-0.25, -0.2) is 13.2 Å². The number of nitrogens with two attached hydrogens (primary N) is 1. The molecule has 4 rings (SSSR count). The molecule has 9 heteroatoms. The molecule has 2 aliphatic rings. The van der Waals surface area contributed by atoms with Crippen LogP contribution < -0.4 is 5.73 Å². The average molecular weight is 431 g/mol. The predicted molar refractivity (Wildman–Crippen MR) is 110 cm³/mol. The molecule has 2 N–H and O–H groups in total. The first-order chi connectivity index (χ1) is 14.6. The number of aryl methyl sites for hydroxylation is 1. The molecule has 1 amide bonds. The van der Waals surface area contributed by atoms with E-state index in [0.717, 1.165) is 30.7 Å². The summed E-state index contributed by atoms with van der Waals surface area (Å²) in [6.45, 7) is 2.62. The molecule has 2 aromatic rings. The van der Waals surface area contributed by atoms with Crippen molar-refractivity contribution in [3.8, 4) is 0 Å². The van der Waals surface area contributed by atoms with E-state index >= 15 is 0 Å². The molecule has 164 valence electrons. The van der Waals surface area contributed by atoms with Crippen molar-refractivity contribution in [2.75, 3.05) is 20.1 Å². The third-order valence-electron chi connectivity index (χ3n) is 6.07. The van der Waals surface area contributed by atoms with E-state index in [2.05, 4.69) is 17.0 Å². The maximum atomic E-state index is 13.7. The van der Waals surface area contributed by atoms with Crippen LogP contribution in [-0.2, 0) is 12.5 Å². The Hall–Kier alpha value is -3.10. The lowest BCUT2D eigenvalue weighted by Gasteiger charge is -2.30. The van der Waals surface area contributed by atoms with Crippen LogP contribution >= 0.6 is 0 Å². The molecule has 1 fully saturated rings. The zero-order valence-corrected chi connectivity index (χ0v) is 17.7. The van der Waals surface area contributed by atoms with Gasteiger partial charge in [0.2, 0.25) is 0 Å². The minimum Gasteiger partial charge on any atom is -0.400 e. The highest BCUT2D eigenvalue weighted by Crippen LogP contribution is 2.48. The Bertz CT molecular complexity index is 1110. The van der Waals surface area contributed by atoms with Crippen LogP contribution in [0.4, 0.5) is 13.2 Å². The fourth-order valence-corrected chi connectivity index (χ4v) is 4.05. The first-order valence-corrected chi connectivity index (χ1v) is 10.1. The summed E-state index contributed by atoms with van der Waals surface area (Å²) in [6.07, 6.45) is 4.09. The number of halogens is 3. The lowest BCUT2D eigenvalue weighted by atomic mass is 9.94. The molecular weight excluding hydrogens is 407 g/mol. The van der Waals surface area contributed by atoms with E-state index in [9.17, 15) is 18.0 Å². The van der Waals surface area contributed by atoms with Gasteiger partial charge in [-0.1, -0.05) is 6.92 Å². The molecule has 0 bridgehead atoms. The molecular formula is C22H24F3N5O. The number of benzene rings is 1. The highest BCUT2D eigenvalue weighted by molar-refractivity contribution is 6.13. The quantitative estimate of drug-likeness (QED) is 0.597. The monoisotopic (exact) mass is 431 g/mol. The first kappa shape index (κ1) is 21.1. The predicted octanol–water partition coefficient (Wildman–Crippen LogP) is 3.07. The average Bonchev–Trinajstić information content (AvgIpc) is 3.35. The van der Waals surface area contributed by atoms with Crippen molar-refractivity contribution in [1.82, 2.24) is 14.7 Å². The molecule has 6 nitrogen and oxygen atoms in total. The standard InChI is InChI=1S/C22H24F3N5O/c1-22(5-6-22)20-14(10-29(3)28-20)21(31)30-7-4-13(17(26)11-30)19(27-2)12-8-15(23)18(25)16(24)9-12/h8-10H,4-7,11,26H2,1-3H3. The zero-order valence-electron chi connectivity index (χ0n) is 17.7. The first-order valence-electron chi connectivity index (χ1n) is 10.1. The molecule has 1 aliphatic carbocycles. The summed E-state index contributed by atoms with van der Waals surface area (Å²) in [5.41, 5.74) is 8.96. The molecule has 0 atom stereocenters. The second-order valence-corrected chi connectivity index (χ2v) is 8.43. The fraction of sp³-hybridized carbons (Fsp3) is 0.409. The number of hydrogen-bond donors (Lipinski definition) is 1. The maximum Gasteiger partial charge on any atom is 0.257 e. The Balaban J connectivity index is 1.61. The van der Waals surface area contributed by atoms with Gasteiger partial charge in [-0.05, 0) is 31.4 Å². The van der Waals surface area contributed by atoms with Gasteiger partial charge in [0.05, 0.1) is 23.5 Å². The lowest BCUT2D eigenvalue weighted by molar-refractivity contribution is 0.0762.